The molecule has 11 heteroatoms. The zero-order valence-electron chi connectivity index (χ0n) is 18.3. The molecule has 1 aliphatic rings. The van der Waals surface area contributed by atoms with Crippen LogP contribution in [0.25, 0.3) is 5.69 Å². The number of anilines is 1. The quantitative estimate of drug-likeness (QED) is 0.537. The molecule has 1 N–H and O–H groups in total. The van der Waals surface area contributed by atoms with E-state index < -0.39 is 10.0 Å². The van der Waals surface area contributed by atoms with Gasteiger partial charge in [0.25, 0.3) is 5.91 Å². The first-order valence-corrected chi connectivity index (χ1v) is 12.2. The molecule has 0 atom stereocenters. The Balaban J connectivity index is 1.30. The Morgan fingerprint density at radius 1 is 1.09 bits per heavy atom. The van der Waals surface area contributed by atoms with E-state index in [1.165, 1.54) is 27.4 Å². The van der Waals surface area contributed by atoms with E-state index in [1.54, 1.807) is 43.4 Å². The van der Waals surface area contributed by atoms with Crippen molar-refractivity contribution in [1.82, 2.24) is 24.5 Å². The van der Waals surface area contributed by atoms with Crippen LogP contribution in [0.4, 0.5) is 5.69 Å². The van der Waals surface area contributed by atoms with Crippen LogP contribution in [-0.4, -0.2) is 58.5 Å². The number of amides is 1. The van der Waals surface area contributed by atoms with Crippen molar-refractivity contribution in [2.24, 2.45) is 0 Å². The lowest BCUT2D eigenvalue weighted by Gasteiger charge is -2.30. The van der Waals surface area contributed by atoms with Gasteiger partial charge in [-0.25, -0.2) is 13.1 Å². The average molecular weight is 471 g/mol. The second kappa shape index (κ2) is 10.1. The highest BCUT2D eigenvalue weighted by molar-refractivity contribution is 7.89. The van der Waals surface area contributed by atoms with E-state index >= 15 is 0 Å². The third-order valence-corrected chi connectivity index (χ3v) is 7.65. The predicted molar refractivity (Wildman–Crippen MR) is 122 cm³/mol. The Labute approximate surface area is 192 Å². The van der Waals surface area contributed by atoms with Crippen LogP contribution in [0.5, 0.6) is 5.75 Å². The van der Waals surface area contributed by atoms with Crippen LogP contribution in [0.2, 0.25) is 0 Å². The number of hydrogen-bond donors (Lipinski definition) is 1. The van der Waals surface area contributed by atoms with Gasteiger partial charge in [0, 0.05) is 18.8 Å². The van der Waals surface area contributed by atoms with Gasteiger partial charge in [-0.15, -0.1) is 5.10 Å². The van der Waals surface area contributed by atoms with Crippen molar-refractivity contribution < 1.29 is 17.9 Å². The smallest absolute Gasteiger partial charge is 0.262 e. The summed E-state index contributed by atoms with van der Waals surface area (Å²) in [4.78, 5) is 12.5. The van der Waals surface area contributed by atoms with E-state index in [0.717, 1.165) is 37.8 Å². The third-order valence-electron chi connectivity index (χ3n) is 5.72. The first kappa shape index (κ1) is 22.9. The molecule has 0 saturated heterocycles. The Morgan fingerprint density at radius 2 is 1.79 bits per heavy atom. The number of carbonyl (C=O) groups excluding carboxylic acids is 1. The van der Waals surface area contributed by atoms with Crippen molar-refractivity contribution in [2.45, 2.75) is 43.0 Å². The Hall–Kier alpha value is -3.31. The third kappa shape index (κ3) is 5.55. The largest absolute Gasteiger partial charge is 0.484 e. The molecule has 0 bridgehead atoms. The maximum Gasteiger partial charge on any atom is 0.262 e. The van der Waals surface area contributed by atoms with Crippen LogP contribution in [0.15, 0.2) is 59.8 Å². The highest BCUT2D eigenvalue weighted by Gasteiger charge is 2.28. The number of nitrogens with one attached hydrogen (secondary N) is 1. The van der Waals surface area contributed by atoms with Crippen LogP contribution in [-0.2, 0) is 14.8 Å². The summed E-state index contributed by atoms with van der Waals surface area (Å²) in [6, 6.07) is 13.2. The molecule has 3 aromatic rings. The van der Waals surface area contributed by atoms with Crippen molar-refractivity contribution in [3.63, 3.8) is 0 Å². The zero-order valence-corrected chi connectivity index (χ0v) is 19.1. The Morgan fingerprint density at radius 3 is 2.42 bits per heavy atom. The SMILES string of the molecule is CN(C1CCCCC1)S(=O)(=O)c1ccc(NC(=O)COc2ccc(-n3cnnn3)cc2)cc1. The van der Waals surface area contributed by atoms with Gasteiger partial charge in [-0.2, -0.15) is 4.31 Å². The summed E-state index contributed by atoms with van der Waals surface area (Å²) in [5.41, 5.74) is 1.26. The molecule has 0 unspecified atom stereocenters. The molecule has 1 heterocycles. The maximum atomic E-state index is 12.9. The summed E-state index contributed by atoms with van der Waals surface area (Å²) >= 11 is 0. The van der Waals surface area contributed by atoms with Gasteiger partial charge >= 0.3 is 0 Å². The minimum absolute atomic E-state index is 0.0437. The van der Waals surface area contributed by atoms with Crippen molar-refractivity contribution >= 4 is 21.6 Å². The molecule has 1 fully saturated rings. The molecular formula is C22H26N6O4S. The lowest BCUT2D eigenvalue weighted by molar-refractivity contribution is -0.118. The molecule has 1 amide bonds. The van der Waals surface area contributed by atoms with E-state index in [2.05, 4.69) is 20.8 Å². The van der Waals surface area contributed by atoms with Gasteiger partial charge in [-0.3, -0.25) is 4.79 Å². The van der Waals surface area contributed by atoms with Crippen LogP contribution >= 0.6 is 0 Å². The van der Waals surface area contributed by atoms with Crippen molar-refractivity contribution in [3.05, 3.63) is 54.9 Å². The van der Waals surface area contributed by atoms with E-state index in [1.807, 2.05) is 0 Å². The molecule has 4 rings (SSSR count). The molecule has 10 nitrogen and oxygen atoms in total. The fraction of sp³-hybridized carbons (Fsp3) is 0.364. The summed E-state index contributed by atoms with van der Waals surface area (Å²) in [6.07, 6.45) is 6.54. The molecule has 33 heavy (non-hydrogen) atoms. The molecule has 174 valence electrons. The Kier molecular flexibility index (Phi) is 6.99. The average Bonchev–Trinajstić information content (AvgIpc) is 3.38. The fourth-order valence-electron chi connectivity index (χ4n) is 3.84. The van der Waals surface area contributed by atoms with Gasteiger partial charge in [0.05, 0.1) is 10.6 Å². The molecule has 1 aliphatic carbocycles. The molecule has 1 aromatic heterocycles. The number of nitrogens with zero attached hydrogens (tertiary/aromatic N) is 5. The minimum Gasteiger partial charge on any atom is -0.484 e. The van der Waals surface area contributed by atoms with Gasteiger partial charge < -0.3 is 10.1 Å². The van der Waals surface area contributed by atoms with Crippen LogP contribution in [0.1, 0.15) is 32.1 Å². The summed E-state index contributed by atoms with van der Waals surface area (Å²) in [5.74, 6) is 0.170. The molecule has 0 radical (unpaired) electrons. The van der Waals surface area contributed by atoms with E-state index in [0.29, 0.717) is 11.4 Å². The Bertz CT molecular complexity index is 1160. The highest BCUT2D eigenvalue weighted by atomic mass is 32.2. The van der Waals surface area contributed by atoms with Crippen LogP contribution in [0, 0.1) is 0 Å². The summed E-state index contributed by atoms with van der Waals surface area (Å²) in [5, 5.41) is 13.7. The second-order valence-corrected chi connectivity index (χ2v) is 9.92. The number of ether oxygens (including phenoxy) is 1. The summed E-state index contributed by atoms with van der Waals surface area (Å²) < 4.78 is 34.4. The fourth-order valence-corrected chi connectivity index (χ4v) is 5.25. The first-order valence-electron chi connectivity index (χ1n) is 10.8. The first-order chi connectivity index (χ1) is 15.9. The van der Waals surface area contributed by atoms with Crippen LogP contribution in [0.3, 0.4) is 0 Å². The van der Waals surface area contributed by atoms with Crippen molar-refractivity contribution in [1.29, 1.82) is 0 Å². The molecule has 2 aromatic carbocycles. The minimum atomic E-state index is -3.57. The number of benzene rings is 2. The van der Waals surface area contributed by atoms with E-state index in [4.69, 9.17) is 4.74 Å². The lowest BCUT2D eigenvalue weighted by atomic mass is 9.96. The van der Waals surface area contributed by atoms with E-state index in [9.17, 15) is 13.2 Å². The van der Waals surface area contributed by atoms with Crippen molar-refractivity contribution in [3.8, 4) is 11.4 Å². The summed E-state index contributed by atoms with van der Waals surface area (Å²) in [6.45, 7) is -0.186. The van der Waals surface area contributed by atoms with Gasteiger partial charge in [0.15, 0.2) is 6.61 Å². The number of carbonyl (C=O) groups is 1. The topological polar surface area (TPSA) is 119 Å². The van der Waals surface area contributed by atoms with Gasteiger partial charge in [0.1, 0.15) is 12.1 Å². The normalized spacial score (nSPS) is 14.8. The molecular weight excluding hydrogens is 444 g/mol. The monoisotopic (exact) mass is 470 g/mol. The number of rotatable bonds is 8. The van der Waals surface area contributed by atoms with Crippen LogP contribution < -0.4 is 10.1 Å². The van der Waals surface area contributed by atoms with Gasteiger partial charge in [-0.1, -0.05) is 19.3 Å². The van der Waals surface area contributed by atoms with Gasteiger partial charge in [0.2, 0.25) is 10.0 Å². The molecule has 0 spiro atoms. The number of tetrazole rings is 1. The number of aromatic nitrogens is 4. The van der Waals surface area contributed by atoms with E-state index in [-0.39, 0.29) is 23.5 Å². The highest BCUT2D eigenvalue weighted by Crippen LogP contribution is 2.27. The zero-order chi connectivity index (χ0) is 23.3. The molecule has 0 aliphatic heterocycles. The standard InChI is InChI=1S/C22H26N6O4S/c1-27(18-5-3-2-4-6-18)33(30,31)21-13-7-17(8-14-21)24-22(29)15-32-20-11-9-19(10-12-20)28-16-23-25-26-28/h7-14,16,18H,2-6,15H2,1H3,(H,24,29). The summed E-state index contributed by atoms with van der Waals surface area (Å²) in [7, 11) is -1.92. The van der Waals surface area contributed by atoms with Gasteiger partial charge in [-0.05, 0) is 71.8 Å². The number of hydrogen-bond acceptors (Lipinski definition) is 7. The predicted octanol–water partition coefficient (Wildman–Crippen LogP) is 2.63. The second-order valence-electron chi connectivity index (χ2n) is 7.92. The lowest BCUT2D eigenvalue weighted by Crippen LogP contribution is -2.38. The molecule has 1 saturated carbocycles. The number of sulfonamides is 1. The maximum absolute atomic E-state index is 12.9. The van der Waals surface area contributed by atoms with Crippen molar-refractivity contribution in [2.75, 3.05) is 19.0 Å².